The third-order valence-electron chi connectivity index (χ3n) is 4.88. The van der Waals surface area contributed by atoms with Gasteiger partial charge in [0.15, 0.2) is 0 Å². The van der Waals surface area contributed by atoms with Crippen LogP contribution in [0.5, 0.6) is 0 Å². The van der Waals surface area contributed by atoms with Crippen molar-refractivity contribution in [2.75, 3.05) is 5.75 Å². The topological polar surface area (TPSA) is 46.2 Å². The van der Waals surface area contributed by atoms with Crippen molar-refractivity contribution in [1.29, 1.82) is 0 Å². The zero-order chi connectivity index (χ0) is 12.1. The summed E-state index contributed by atoms with van der Waals surface area (Å²) >= 11 is 0. The van der Waals surface area contributed by atoms with Crippen LogP contribution >= 0.6 is 0 Å². The summed E-state index contributed by atoms with van der Waals surface area (Å²) in [6, 6.07) is 0. The van der Waals surface area contributed by atoms with E-state index in [1.54, 1.807) is 0 Å². The van der Waals surface area contributed by atoms with Crippen molar-refractivity contribution in [1.82, 2.24) is 4.72 Å². The molecule has 17 heavy (non-hydrogen) atoms. The van der Waals surface area contributed by atoms with E-state index in [2.05, 4.69) is 4.72 Å². The van der Waals surface area contributed by atoms with Gasteiger partial charge < -0.3 is 0 Å². The van der Waals surface area contributed by atoms with E-state index in [0.717, 1.165) is 37.0 Å². The third kappa shape index (κ3) is 2.26. The minimum absolute atomic E-state index is 0.0528. The summed E-state index contributed by atoms with van der Waals surface area (Å²) < 4.78 is 27.1. The summed E-state index contributed by atoms with van der Waals surface area (Å²) in [5.74, 6) is 2.68. The van der Waals surface area contributed by atoms with Crippen LogP contribution in [-0.4, -0.2) is 19.7 Å². The van der Waals surface area contributed by atoms with Crippen molar-refractivity contribution >= 4 is 10.0 Å². The molecule has 0 spiro atoms. The number of nitrogens with one attached hydrogen (secondary N) is 1. The summed E-state index contributed by atoms with van der Waals surface area (Å²) in [5.41, 5.74) is -0.0528. The smallest absolute Gasteiger partial charge is 0.212 e. The Bertz CT molecular complexity index is 366. The molecular weight excluding hydrogens is 234 g/mol. The van der Waals surface area contributed by atoms with Gasteiger partial charge in [0.05, 0.1) is 5.75 Å². The molecule has 4 fully saturated rings. The predicted molar refractivity (Wildman–Crippen MR) is 68.1 cm³/mol. The molecule has 0 aromatic carbocycles. The number of rotatable bonds is 4. The lowest BCUT2D eigenvalue weighted by atomic mass is 9.53. The molecule has 0 heterocycles. The Labute approximate surface area is 104 Å². The molecule has 0 unspecified atom stereocenters. The highest BCUT2D eigenvalue weighted by molar-refractivity contribution is 7.89. The molecule has 4 heteroatoms. The van der Waals surface area contributed by atoms with Crippen molar-refractivity contribution in [3.05, 3.63) is 0 Å². The first-order chi connectivity index (χ1) is 8.00. The van der Waals surface area contributed by atoms with E-state index in [4.69, 9.17) is 0 Å². The summed E-state index contributed by atoms with van der Waals surface area (Å²) in [6.45, 7) is 1.93. The number of hydrogen-bond donors (Lipinski definition) is 1. The fourth-order valence-electron chi connectivity index (χ4n) is 4.89. The van der Waals surface area contributed by atoms with Crippen LogP contribution in [0.15, 0.2) is 0 Å². The highest BCUT2D eigenvalue weighted by Crippen LogP contribution is 2.55. The minimum atomic E-state index is -3.04. The maximum absolute atomic E-state index is 12.0. The standard InChI is InChI=1S/C13H23NO2S/c1-2-3-17(15,16)14-13-7-10-4-11(8-13)6-12(5-10)9-13/h10-12,14H,2-9H2,1H3. The SMILES string of the molecule is CCCS(=O)(=O)NC12CC3CC(CC(C3)C1)C2. The Morgan fingerprint density at radius 1 is 1.06 bits per heavy atom. The van der Waals surface area contributed by atoms with E-state index in [9.17, 15) is 8.42 Å². The van der Waals surface area contributed by atoms with Crippen molar-refractivity contribution < 1.29 is 8.42 Å². The van der Waals surface area contributed by atoms with E-state index in [1.807, 2.05) is 6.92 Å². The van der Waals surface area contributed by atoms with Gasteiger partial charge in [0.1, 0.15) is 0 Å². The molecule has 4 saturated carbocycles. The quantitative estimate of drug-likeness (QED) is 0.840. The predicted octanol–water partition coefficient (Wildman–Crippen LogP) is 2.28. The highest BCUT2D eigenvalue weighted by atomic mass is 32.2. The Kier molecular flexibility index (Phi) is 2.78. The van der Waals surface area contributed by atoms with E-state index in [1.165, 1.54) is 19.3 Å². The molecule has 0 aromatic rings. The highest BCUT2D eigenvalue weighted by Gasteiger charge is 2.52. The summed E-state index contributed by atoms with van der Waals surface area (Å²) in [6.07, 6.45) is 8.08. The lowest BCUT2D eigenvalue weighted by Gasteiger charge is -2.56. The van der Waals surface area contributed by atoms with Crippen LogP contribution in [0.25, 0.3) is 0 Å². The lowest BCUT2D eigenvalue weighted by molar-refractivity contribution is -0.00809. The fraction of sp³-hybridized carbons (Fsp3) is 1.00. The number of hydrogen-bond acceptors (Lipinski definition) is 2. The van der Waals surface area contributed by atoms with Gasteiger partial charge in [0.2, 0.25) is 10.0 Å². The molecule has 0 atom stereocenters. The molecule has 3 nitrogen and oxygen atoms in total. The first-order valence-corrected chi connectivity index (χ1v) is 8.67. The van der Waals surface area contributed by atoms with Gasteiger partial charge in [-0.15, -0.1) is 0 Å². The Balaban J connectivity index is 1.78. The molecule has 0 aromatic heterocycles. The van der Waals surface area contributed by atoms with Gasteiger partial charge in [-0.2, -0.15) is 0 Å². The second-order valence-corrected chi connectivity index (χ2v) is 8.46. The van der Waals surface area contributed by atoms with E-state index < -0.39 is 10.0 Å². The Morgan fingerprint density at radius 2 is 1.53 bits per heavy atom. The first kappa shape index (κ1) is 12.0. The Morgan fingerprint density at radius 3 is 1.94 bits per heavy atom. The molecule has 1 N–H and O–H groups in total. The van der Waals surface area contributed by atoms with Gasteiger partial charge in [0, 0.05) is 5.54 Å². The molecule has 98 valence electrons. The average Bonchev–Trinajstić information content (AvgIpc) is 2.11. The fourth-order valence-corrected chi connectivity index (χ4v) is 6.43. The van der Waals surface area contributed by atoms with Gasteiger partial charge in [-0.3, -0.25) is 0 Å². The van der Waals surface area contributed by atoms with Crippen molar-refractivity contribution in [3.63, 3.8) is 0 Å². The summed E-state index contributed by atoms with van der Waals surface area (Å²) in [7, 11) is -3.04. The maximum atomic E-state index is 12.0. The molecule has 0 radical (unpaired) electrons. The van der Waals surface area contributed by atoms with Gasteiger partial charge in [0.25, 0.3) is 0 Å². The molecule has 4 aliphatic rings. The zero-order valence-electron chi connectivity index (χ0n) is 10.6. The molecular formula is C13H23NO2S. The van der Waals surface area contributed by atoms with Crippen molar-refractivity contribution in [2.24, 2.45) is 17.8 Å². The van der Waals surface area contributed by atoms with E-state index >= 15 is 0 Å². The number of sulfonamides is 1. The molecule has 0 saturated heterocycles. The van der Waals surface area contributed by atoms with Crippen LogP contribution in [-0.2, 0) is 10.0 Å². The second kappa shape index (κ2) is 3.95. The molecule has 0 amide bonds. The second-order valence-electron chi connectivity index (χ2n) is 6.62. The van der Waals surface area contributed by atoms with Crippen LogP contribution in [0.4, 0.5) is 0 Å². The molecule has 4 bridgehead atoms. The van der Waals surface area contributed by atoms with Crippen molar-refractivity contribution in [3.8, 4) is 0 Å². The van der Waals surface area contributed by atoms with Crippen LogP contribution in [0, 0.1) is 17.8 Å². The molecule has 4 aliphatic carbocycles. The van der Waals surface area contributed by atoms with Crippen LogP contribution < -0.4 is 4.72 Å². The third-order valence-corrected chi connectivity index (χ3v) is 6.57. The van der Waals surface area contributed by atoms with Gasteiger partial charge >= 0.3 is 0 Å². The van der Waals surface area contributed by atoms with Crippen LogP contribution in [0.3, 0.4) is 0 Å². The van der Waals surface area contributed by atoms with Gasteiger partial charge in [-0.05, 0) is 62.7 Å². The summed E-state index contributed by atoms with van der Waals surface area (Å²) in [4.78, 5) is 0. The molecule has 0 aliphatic heterocycles. The maximum Gasteiger partial charge on any atom is 0.212 e. The Hall–Kier alpha value is -0.0900. The van der Waals surface area contributed by atoms with Crippen LogP contribution in [0.2, 0.25) is 0 Å². The molecule has 4 rings (SSSR count). The van der Waals surface area contributed by atoms with Gasteiger partial charge in [-0.25, -0.2) is 13.1 Å². The average molecular weight is 257 g/mol. The van der Waals surface area contributed by atoms with Gasteiger partial charge in [-0.1, -0.05) is 6.92 Å². The van der Waals surface area contributed by atoms with Crippen molar-refractivity contribution in [2.45, 2.75) is 57.4 Å². The summed E-state index contributed by atoms with van der Waals surface area (Å²) in [5, 5.41) is 0. The minimum Gasteiger partial charge on any atom is -0.212 e. The van der Waals surface area contributed by atoms with E-state index in [0.29, 0.717) is 6.42 Å². The largest absolute Gasteiger partial charge is 0.212 e. The first-order valence-electron chi connectivity index (χ1n) is 7.02. The monoisotopic (exact) mass is 257 g/mol. The van der Waals surface area contributed by atoms with Crippen LogP contribution in [0.1, 0.15) is 51.9 Å². The zero-order valence-corrected chi connectivity index (χ0v) is 11.4. The lowest BCUT2D eigenvalue weighted by Crippen LogP contribution is -2.60. The van der Waals surface area contributed by atoms with E-state index in [-0.39, 0.29) is 11.3 Å². The normalized spacial score (nSPS) is 44.2.